The Bertz CT molecular complexity index is 477. The molecule has 19 heavy (non-hydrogen) atoms. The van der Waals surface area contributed by atoms with Gasteiger partial charge in [0.1, 0.15) is 5.84 Å². The highest BCUT2D eigenvalue weighted by Gasteiger charge is 2.34. The van der Waals surface area contributed by atoms with Crippen molar-refractivity contribution in [2.45, 2.75) is 51.2 Å². The Labute approximate surface area is 111 Å². The van der Waals surface area contributed by atoms with Crippen LogP contribution in [0, 0.1) is 0 Å². The van der Waals surface area contributed by atoms with Gasteiger partial charge < -0.3 is 5.73 Å². The zero-order valence-corrected chi connectivity index (χ0v) is 11.1. The van der Waals surface area contributed by atoms with Gasteiger partial charge in [0.15, 0.2) is 5.82 Å². The fourth-order valence-corrected chi connectivity index (χ4v) is 1.91. The number of amidine groups is 1. The quantitative estimate of drug-likeness (QED) is 0.646. The number of nitrogens with one attached hydrogen (secondary N) is 1. The van der Waals surface area contributed by atoms with Gasteiger partial charge in [-0.1, -0.05) is 32.6 Å². The number of nitrogens with zero attached hydrogens (tertiary/aromatic N) is 5. The van der Waals surface area contributed by atoms with E-state index in [2.05, 4.69) is 37.3 Å². The highest BCUT2D eigenvalue weighted by Crippen LogP contribution is 2.25. The van der Waals surface area contributed by atoms with Gasteiger partial charge in [0.25, 0.3) is 5.79 Å². The number of nitrogen functional groups attached to an aromatic ring is 1. The summed E-state index contributed by atoms with van der Waals surface area (Å²) in [5.41, 5.74) is 11.4. The lowest BCUT2D eigenvalue weighted by Gasteiger charge is -2.10. The molecule has 0 bridgehead atoms. The zero-order valence-electron chi connectivity index (χ0n) is 11.1. The van der Waals surface area contributed by atoms with Gasteiger partial charge in [-0.05, 0) is 6.42 Å². The van der Waals surface area contributed by atoms with E-state index in [1.54, 1.807) is 0 Å². The second-order valence-corrected chi connectivity index (χ2v) is 4.66. The Morgan fingerprint density at radius 1 is 1.21 bits per heavy atom. The summed E-state index contributed by atoms with van der Waals surface area (Å²) in [6.45, 7) is 2.20. The minimum atomic E-state index is -1.29. The Morgan fingerprint density at radius 3 is 2.68 bits per heavy atom. The van der Waals surface area contributed by atoms with E-state index >= 15 is 0 Å². The lowest BCUT2D eigenvalue weighted by atomic mass is 10.1. The molecule has 2 rings (SSSR count). The van der Waals surface area contributed by atoms with Gasteiger partial charge in [-0.2, -0.15) is 4.98 Å². The highest BCUT2D eigenvalue weighted by molar-refractivity contribution is 5.84. The van der Waals surface area contributed by atoms with Crippen LogP contribution in [0.1, 0.15) is 51.3 Å². The SMILES string of the molecule is CCCCCCCC1=NC(N)(c2nc(N)n[nH]2)N=N1. The molecule has 1 aliphatic heterocycles. The fraction of sp³-hybridized carbons (Fsp3) is 0.727. The monoisotopic (exact) mass is 264 g/mol. The van der Waals surface area contributed by atoms with Gasteiger partial charge in [0.2, 0.25) is 5.95 Å². The van der Waals surface area contributed by atoms with Crippen molar-refractivity contribution in [2.24, 2.45) is 21.0 Å². The number of aromatic amines is 1. The number of unbranched alkanes of at least 4 members (excludes halogenated alkanes) is 4. The van der Waals surface area contributed by atoms with Gasteiger partial charge in [0, 0.05) is 6.42 Å². The smallest absolute Gasteiger partial charge is 0.284 e. The average Bonchev–Trinajstić information content (AvgIpc) is 2.97. The standard InChI is InChI=1S/C11H20N8/c1-2-3-4-5-6-7-8-15-11(13,19-16-8)9-14-10(12)18-17-9/h2-7,13H2,1H3,(H3,12,14,17,18). The van der Waals surface area contributed by atoms with Crippen LogP contribution in [0.4, 0.5) is 5.95 Å². The van der Waals surface area contributed by atoms with E-state index < -0.39 is 5.79 Å². The number of rotatable bonds is 7. The normalized spacial score (nSPS) is 21.9. The van der Waals surface area contributed by atoms with E-state index in [1.807, 2.05) is 0 Å². The van der Waals surface area contributed by atoms with Crippen LogP contribution in [-0.2, 0) is 5.79 Å². The first-order valence-electron chi connectivity index (χ1n) is 6.63. The maximum Gasteiger partial charge on any atom is 0.284 e. The average molecular weight is 264 g/mol. The van der Waals surface area contributed by atoms with Crippen molar-refractivity contribution in [2.75, 3.05) is 5.73 Å². The number of H-pyrrole nitrogens is 1. The number of nitrogens with two attached hydrogens (primary N) is 2. The van der Waals surface area contributed by atoms with E-state index in [4.69, 9.17) is 11.5 Å². The van der Waals surface area contributed by atoms with Crippen molar-refractivity contribution >= 4 is 11.8 Å². The van der Waals surface area contributed by atoms with Crippen LogP contribution in [0.2, 0.25) is 0 Å². The maximum atomic E-state index is 6.00. The van der Waals surface area contributed by atoms with Crippen molar-refractivity contribution in [1.82, 2.24) is 15.2 Å². The maximum absolute atomic E-state index is 6.00. The number of aliphatic imine (C=N–C) groups is 1. The molecule has 0 spiro atoms. The number of anilines is 1. The van der Waals surface area contributed by atoms with Gasteiger partial charge in [-0.3, -0.25) is 10.8 Å². The summed E-state index contributed by atoms with van der Waals surface area (Å²) in [6, 6.07) is 0. The number of hydrogen-bond acceptors (Lipinski definition) is 7. The first-order chi connectivity index (χ1) is 9.14. The molecule has 1 aliphatic rings. The Kier molecular flexibility index (Phi) is 4.20. The lowest BCUT2D eigenvalue weighted by Crippen LogP contribution is -2.32. The second kappa shape index (κ2) is 5.87. The molecule has 0 saturated heterocycles. The van der Waals surface area contributed by atoms with Gasteiger partial charge in [-0.25, -0.2) is 4.99 Å². The predicted molar refractivity (Wildman–Crippen MR) is 72.3 cm³/mol. The summed E-state index contributed by atoms with van der Waals surface area (Å²) in [5, 5.41) is 14.3. The molecule has 0 fully saturated rings. The summed E-state index contributed by atoms with van der Waals surface area (Å²) in [5.74, 6) is -0.189. The number of aromatic nitrogens is 3. The van der Waals surface area contributed by atoms with E-state index in [0.717, 1.165) is 12.8 Å². The molecule has 5 N–H and O–H groups in total. The topological polar surface area (TPSA) is 131 Å². The minimum Gasteiger partial charge on any atom is -0.367 e. The van der Waals surface area contributed by atoms with Crippen LogP contribution < -0.4 is 11.5 Å². The second-order valence-electron chi connectivity index (χ2n) is 4.66. The molecule has 0 radical (unpaired) electrons. The number of azo groups is 1. The van der Waals surface area contributed by atoms with Crippen molar-refractivity contribution in [1.29, 1.82) is 0 Å². The Hall–Kier alpha value is -1.83. The molecule has 0 aromatic carbocycles. The molecule has 8 nitrogen and oxygen atoms in total. The third-order valence-corrected chi connectivity index (χ3v) is 2.97. The molecule has 0 aliphatic carbocycles. The molecule has 0 amide bonds. The zero-order chi connectivity index (χ0) is 13.7. The summed E-state index contributed by atoms with van der Waals surface area (Å²) >= 11 is 0. The molecule has 104 valence electrons. The van der Waals surface area contributed by atoms with Crippen LogP contribution >= 0.6 is 0 Å². The lowest BCUT2D eigenvalue weighted by molar-refractivity contribution is 0.461. The summed E-state index contributed by atoms with van der Waals surface area (Å²) in [6.07, 6.45) is 6.76. The van der Waals surface area contributed by atoms with Crippen LogP contribution in [0.25, 0.3) is 0 Å². The molecular formula is C11H20N8. The van der Waals surface area contributed by atoms with Crippen LogP contribution in [0.5, 0.6) is 0 Å². The molecule has 0 saturated carbocycles. The Morgan fingerprint density at radius 2 is 2.00 bits per heavy atom. The summed E-state index contributed by atoms with van der Waals surface area (Å²) < 4.78 is 0. The first kappa shape index (κ1) is 13.6. The largest absolute Gasteiger partial charge is 0.367 e. The summed E-state index contributed by atoms with van der Waals surface area (Å²) in [4.78, 5) is 8.24. The van der Waals surface area contributed by atoms with Gasteiger partial charge >= 0.3 is 0 Å². The van der Waals surface area contributed by atoms with E-state index in [1.165, 1.54) is 25.7 Å². The highest BCUT2D eigenvalue weighted by atomic mass is 15.4. The molecule has 1 aromatic rings. The molecule has 2 heterocycles. The Balaban J connectivity index is 1.88. The van der Waals surface area contributed by atoms with E-state index in [9.17, 15) is 0 Å². The van der Waals surface area contributed by atoms with Crippen molar-refractivity contribution in [3.05, 3.63) is 5.82 Å². The van der Waals surface area contributed by atoms with Crippen molar-refractivity contribution in [3.63, 3.8) is 0 Å². The third kappa shape index (κ3) is 3.34. The molecule has 1 unspecified atom stereocenters. The third-order valence-electron chi connectivity index (χ3n) is 2.97. The van der Waals surface area contributed by atoms with Crippen molar-refractivity contribution in [3.8, 4) is 0 Å². The molecule has 8 heteroatoms. The molecular weight excluding hydrogens is 244 g/mol. The van der Waals surface area contributed by atoms with Crippen LogP contribution in [0.15, 0.2) is 15.2 Å². The van der Waals surface area contributed by atoms with Crippen LogP contribution in [-0.4, -0.2) is 21.0 Å². The molecule has 1 atom stereocenters. The predicted octanol–water partition coefficient (Wildman–Crippen LogP) is 1.68. The first-order valence-corrected chi connectivity index (χ1v) is 6.63. The summed E-state index contributed by atoms with van der Waals surface area (Å²) in [7, 11) is 0. The van der Waals surface area contributed by atoms with Gasteiger partial charge in [0.05, 0.1) is 0 Å². The number of hydrogen-bond donors (Lipinski definition) is 3. The minimum absolute atomic E-state index is 0.123. The van der Waals surface area contributed by atoms with Gasteiger partial charge in [-0.15, -0.1) is 15.3 Å². The van der Waals surface area contributed by atoms with Crippen LogP contribution in [0.3, 0.4) is 0 Å². The van der Waals surface area contributed by atoms with Crippen molar-refractivity contribution < 1.29 is 0 Å². The van der Waals surface area contributed by atoms with E-state index in [0.29, 0.717) is 11.7 Å². The molecule has 1 aromatic heterocycles. The fourth-order valence-electron chi connectivity index (χ4n) is 1.91. The van der Waals surface area contributed by atoms with E-state index in [-0.39, 0.29) is 5.95 Å².